The summed E-state index contributed by atoms with van der Waals surface area (Å²) in [6.45, 7) is 0. The summed E-state index contributed by atoms with van der Waals surface area (Å²) in [5.74, 6) is -14.1. The molecular weight excluding hydrogens is 538 g/mol. The summed E-state index contributed by atoms with van der Waals surface area (Å²) in [4.78, 5) is 76.7. The lowest BCUT2D eigenvalue weighted by Crippen LogP contribution is -2.65. The van der Waals surface area contributed by atoms with Crippen molar-refractivity contribution >= 4 is 45.6 Å². The second kappa shape index (κ2) is 8.53. The standard InChI is InChI=1S/C29H21NO11/c30-28(40)17-15(31)8-14-24(36)18-19(27(39)29(14,41)26(17)38)25(37)16-12(23(18)35)6-5-9(20(16)32)7-13-21(33)10-3-1-2-4-11(10)22(13)34/h1-6,13-14,17,24,32,35-37,41H,7-8H2,(H2,30,40)/t14-,17?,24-,29-/m1/s1. The SMILES string of the molecule is NC(=O)C1C(=O)C[C@@H]2[C@@H](O)c3c(c(O)c4c(O)c(CC5C(=O)c6ccccc6C5=O)ccc4c3O)C(=O)[C@]2(O)C1=O. The number of hydrogen-bond donors (Lipinski definition) is 6. The zero-order chi connectivity index (χ0) is 29.7. The van der Waals surface area contributed by atoms with E-state index in [2.05, 4.69) is 0 Å². The van der Waals surface area contributed by atoms with Crippen molar-refractivity contribution in [2.45, 2.75) is 24.5 Å². The van der Waals surface area contributed by atoms with E-state index in [1.807, 2.05) is 0 Å². The van der Waals surface area contributed by atoms with Gasteiger partial charge in [-0.1, -0.05) is 30.3 Å². The van der Waals surface area contributed by atoms with E-state index in [1.54, 1.807) is 12.1 Å². The van der Waals surface area contributed by atoms with Crippen LogP contribution in [0.4, 0.5) is 0 Å². The number of aliphatic hydroxyl groups excluding tert-OH is 1. The van der Waals surface area contributed by atoms with E-state index in [9.17, 15) is 54.3 Å². The summed E-state index contributed by atoms with van der Waals surface area (Å²) in [7, 11) is 0. The Morgan fingerprint density at radius 1 is 0.902 bits per heavy atom. The normalized spacial score (nSPS) is 25.8. The molecule has 3 aromatic rings. The van der Waals surface area contributed by atoms with Crippen molar-refractivity contribution < 1.29 is 54.3 Å². The Bertz CT molecular complexity index is 1770. The lowest BCUT2D eigenvalue weighted by atomic mass is 9.59. The predicted molar refractivity (Wildman–Crippen MR) is 136 cm³/mol. The molecule has 3 aliphatic carbocycles. The van der Waals surface area contributed by atoms with Crippen molar-refractivity contribution in [2.75, 3.05) is 0 Å². The van der Waals surface area contributed by atoms with Gasteiger partial charge in [0, 0.05) is 34.4 Å². The Labute approximate surface area is 229 Å². The Morgan fingerprint density at radius 3 is 2.10 bits per heavy atom. The molecule has 0 spiro atoms. The van der Waals surface area contributed by atoms with Gasteiger partial charge >= 0.3 is 0 Å². The molecule has 6 rings (SSSR count). The number of hydrogen-bond acceptors (Lipinski definition) is 11. The smallest absolute Gasteiger partial charge is 0.235 e. The third-order valence-electron chi connectivity index (χ3n) is 8.48. The Hall–Kier alpha value is -4.94. The number of fused-ring (bicyclic) bond motifs is 4. The molecule has 1 unspecified atom stereocenters. The molecule has 3 aliphatic rings. The first-order valence-corrected chi connectivity index (χ1v) is 12.5. The number of rotatable bonds is 3. The third kappa shape index (κ3) is 3.22. The summed E-state index contributed by atoms with van der Waals surface area (Å²) < 4.78 is 0. The molecule has 3 aromatic carbocycles. The maximum Gasteiger partial charge on any atom is 0.235 e. The van der Waals surface area contributed by atoms with Crippen LogP contribution >= 0.6 is 0 Å². The fraction of sp³-hybridized carbons (Fsp3) is 0.241. The largest absolute Gasteiger partial charge is 0.507 e. The number of ketones is 5. The number of aromatic hydroxyl groups is 3. The van der Waals surface area contributed by atoms with Gasteiger partial charge in [-0.2, -0.15) is 0 Å². The van der Waals surface area contributed by atoms with Gasteiger partial charge in [-0.3, -0.25) is 28.8 Å². The van der Waals surface area contributed by atoms with E-state index in [4.69, 9.17) is 5.73 Å². The molecular formula is C29H21NO11. The van der Waals surface area contributed by atoms with Gasteiger partial charge in [0.1, 0.15) is 17.2 Å². The molecule has 208 valence electrons. The summed E-state index contributed by atoms with van der Waals surface area (Å²) >= 11 is 0. The van der Waals surface area contributed by atoms with Gasteiger partial charge in [0.05, 0.1) is 23.0 Å². The number of Topliss-reactive ketones (excluding diaryl/α,β-unsaturated/α-hetero) is 5. The number of phenolic OH excluding ortho intramolecular Hbond substituents is 3. The van der Waals surface area contributed by atoms with Crippen molar-refractivity contribution in [3.63, 3.8) is 0 Å². The van der Waals surface area contributed by atoms with E-state index in [0.29, 0.717) is 0 Å². The summed E-state index contributed by atoms with van der Waals surface area (Å²) in [5, 5.41) is 55.1. The minimum absolute atomic E-state index is 0.000170. The number of carbonyl (C=O) groups excluding carboxylic acids is 6. The number of primary amides is 1. The molecule has 0 aliphatic heterocycles. The monoisotopic (exact) mass is 559 g/mol. The molecule has 0 aromatic heterocycles. The summed E-state index contributed by atoms with van der Waals surface area (Å²) in [6, 6.07) is 8.74. The third-order valence-corrected chi connectivity index (χ3v) is 8.48. The first-order chi connectivity index (χ1) is 19.3. The molecule has 1 saturated carbocycles. The van der Waals surface area contributed by atoms with Gasteiger partial charge in [-0.25, -0.2) is 0 Å². The van der Waals surface area contributed by atoms with Gasteiger partial charge in [-0.05, 0) is 18.1 Å². The molecule has 12 heteroatoms. The highest BCUT2D eigenvalue weighted by Gasteiger charge is 2.65. The van der Waals surface area contributed by atoms with Crippen LogP contribution in [0.25, 0.3) is 10.8 Å². The molecule has 12 nitrogen and oxygen atoms in total. The van der Waals surface area contributed by atoms with Crippen LogP contribution in [0.1, 0.15) is 54.7 Å². The lowest BCUT2D eigenvalue weighted by molar-refractivity contribution is -0.163. The number of amides is 1. The van der Waals surface area contributed by atoms with Crippen LogP contribution in [-0.2, 0) is 20.8 Å². The zero-order valence-corrected chi connectivity index (χ0v) is 21.0. The molecule has 1 fully saturated rings. The average Bonchev–Trinajstić information content (AvgIpc) is 3.16. The number of aliphatic hydroxyl groups is 2. The van der Waals surface area contributed by atoms with E-state index < -0.39 is 104 Å². The Balaban J connectivity index is 1.51. The zero-order valence-electron chi connectivity index (χ0n) is 21.0. The molecule has 0 heterocycles. The summed E-state index contributed by atoms with van der Waals surface area (Å²) in [5.41, 5.74) is 0.957. The fourth-order valence-corrected chi connectivity index (χ4v) is 6.41. The first-order valence-electron chi connectivity index (χ1n) is 12.5. The maximum absolute atomic E-state index is 13.6. The van der Waals surface area contributed by atoms with Crippen molar-refractivity contribution in [3.05, 3.63) is 64.2 Å². The summed E-state index contributed by atoms with van der Waals surface area (Å²) in [6.07, 6.45) is -3.13. The second-order valence-corrected chi connectivity index (χ2v) is 10.5. The predicted octanol–water partition coefficient (Wildman–Crippen LogP) is 0.415. The molecule has 0 saturated heterocycles. The highest BCUT2D eigenvalue weighted by Crippen LogP contribution is 2.55. The van der Waals surface area contributed by atoms with Gasteiger partial charge in [0.2, 0.25) is 11.7 Å². The fourth-order valence-electron chi connectivity index (χ4n) is 6.41. The van der Waals surface area contributed by atoms with Crippen molar-refractivity contribution in [2.24, 2.45) is 23.5 Å². The van der Waals surface area contributed by atoms with Gasteiger partial charge in [0.15, 0.2) is 34.7 Å². The maximum atomic E-state index is 13.6. The van der Waals surface area contributed by atoms with Crippen LogP contribution in [0.3, 0.4) is 0 Å². The van der Waals surface area contributed by atoms with Crippen LogP contribution in [0, 0.1) is 17.8 Å². The Kier molecular flexibility index (Phi) is 5.47. The minimum atomic E-state index is -3.15. The molecule has 41 heavy (non-hydrogen) atoms. The van der Waals surface area contributed by atoms with Crippen molar-refractivity contribution in [1.29, 1.82) is 0 Å². The van der Waals surface area contributed by atoms with Crippen LogP contribution < -0.4 is 5.73 Å². The number of benzene rings is 3. The van der Waals surface area contributed by atoms with E-state index >= 15 is 0 Å². The lowest BCUT2D eigenvalue weighted by Gasteiger charge is -2.45. The molecule has 0 bridgehead atoms. The number of nitrogens with two attached hydrogens (primary N) is 1. The molecule has 7 N–H and O–H groups in total. The van der Waals surface area contributed by atoms with Gasteiger partial charge in [0.25, 0.3) is 0 Å². The van der Waals surface area contributed by atoms with Gasteiger partial charge < -0.3 is 31.3 Å². The highest BCUT2D eigenvalue weighted by atomic mass is 16.3. The van der Waals surface area contributed by atoms with Crippen LogP contribution in [-0.4, -0.2) is 66.0 Å². The molecule has 1 amide bonds. The average molecular weight is 559 g/mol. The first kappa shape index (κ1) is 26.3. The molecule has 0 radical (unpaired) electrons. The van der Waals surface area contributed by atoms with Crippen molar-refractivity contribution in [1.82, 2.24) is 0 Å². The van der Waals surface area contributed by atoms with Gasteiger partial charge in [-0.15, -0.1) is 0 Å². The Morgan fingerprint density at radius 2 is 1.51 bits per heavy atom. The quantitative estimate of drug-likeness (QED) is 0.190. The van der Waals surface area contributed by atoms with E-state index in [1.165, 1.54) is 24.3 Å². The highest BCUT2D eigenvalue weighted by molar-refractivity contribution is 6.32. The topological polar surface area (TPSA) is 230 Å². The number of carbonyl (C=O) groups is 6. The minimum Gasteiger partial charge on any atom is -0.507 e. The van der Waals surface area contributed by atoms with Crippen LogP contribution in [0.15, 0.2) is 36.4 Å². The van der Waals surface area contributed by atoms with E-state index in [0.717, 1.165) is 0 Å². The van der Waals surface area contributed by atoms with Crippen molar-refractivity contribution in [3.8, 4) is 17.2 Å². The molecule has 4 atom stereocenters. The second-order valence-electron chi connectivity index (χ2n) is 10.5. The van der Waals surface area contributed by atoms with E-state index in [-0.39, 0.29) is 28.5 Å². The number of phenols is 3. The van der Waals surface area contributed by atoms with Crippen LogP contribution in [0.5, 0.6) is 17.2 Å². The van der Waals surface area contributed by atoms with Crippen LogP contribution in [0.2, 0.25) is 0 Å².